The maximum atomic E-state index is 12.6. The zero-order chi connectivity index (χ0) is 21.1. The molecule has 0 amide bonds. The minimum Gasteiger partial charge on any atom is -0.545 e. The minimum absolute atomic E-state index is 0. The van der Waals surface area contributed by atoms with Crippen LogP contribution in [0.15, 0.2) is 35.0 Å². The van der Waals surface area contributed by atoms with Crippen molar-refractivity contribution in [3.8, 4) is 23.1 Å². The van der Waals surface area contributed by atoms with Crippen LogP contribution in [0.2, 0.25) is 0 Å². The first kappa shape index (κ1) is 23.9. The van der Waals surface area contributed by atoms with Gasteiger partial charge in [0.1, 0.15) is 28.9 Å². The number of aromatic carboxylic acids is 1. The average Bonchev–Trinajstić information content (AvgIpc) is 3.27. The number of benzene rings is 1. The fraction of sp³-hybridized carbons (Fsp3) is 0.200. The van der Waals surface area contributed by atoms with Crippen LogP contribution in [0.5, 0.6) is 5.75 Å². The second-order valence-corrected chi connectivity index (χ2v) is 6.29. The first-order chi connectivity index (χ1) is 13.9. The van der Waals surface area contributed by atoms with Crippen molar-refractivity contribution in [3.63, 3.8) is 0 Å². The number of Topliss-reactive ketones (excluding diaryl/α,β-unsaturated/α-hetero) is 1. The maximum Gasteiger partial charge on any atom is 1.00 e. The number of carbonyl (C=O) groups is 2. The van der Waals surface area contributed by atoms with Gasteiger partial charge in [-0.15, -0.1) is 0 Å². The standard InChI is InChI=1S/C20H18N4O5.K/c1-2-24-10-14(17(19(24)22)20(27)28)16(26)8-7-15-13(9-21)18(29-23-15)11-3-5-12(25)6-4-11;/h3-6,10,25H,2,7-8,22H2,1H3,(H,27,28);/q;+1/p-1. The summed E-state index contributed by atoms with van der Waals surface area (Å²) in [4.78, 5) is 24.0. The van der Waals surface area contributed by atoms with E-state index in [0.29, 0.717) is 12.1 Å². The number of nitrogens with zero attached hydrogens (tertiary/aromatic N) is 3. The predicted octanol–water partition coefficient (Wildman–Crippen LogP) is -1.49. The molecule has 0 aliphatic heterocycles. The first-order valence-corrected chi connectivity index (χ1v) is 8.78. The van der Waals surface area contributed by atoms with Gasteiger partial charge in [-0.2, -0.15) is 5.26 Å². The molecule has 30 heavy (non-hydrogen) atoms. The Morgan fingerprint density at radius 1 is 1.33 bits per heavy atom. The topological polar surface area (TPSA) is 158 Å². The van der Waals surface area contributed by atoms with Crippen LogP contribution >= 0.6 is 0 Å². The van der Waals surface area contributed by atoms with Crippen molar-refractivity contribution in [1.82, 2.24) is 9.72 Å². The molecule has 0 atom stereocenters. The molecule has 3 rings (SSSR count). The number of anilines is 1. The Morgan fingerprint density at radius 2 is 2.00 bits per heavy atom. The molecule has 3 aromatic rings. The van der Waals surface area contributed by atoms with E-state index >= 15 is 0 Å². The molecule has 1 aromatic carbocycles. The van der Waals surface area contributed by atoms with E-state index in [1.165, 1.54) is 22.9 Å². The number of aromatic hydroxyl groups is 1. The molecule has 0 aliphatic carbocycles. The van der Waals surface area contributed by atoms with Crippen LogP contribution in [0, 0.1) is 11.3 Å². The second kappa shape index (κ2) is 10.1. The van der Waals surface area contributed by atoms with Crippen molar-refractivity contribution < 1.29 is 75.7 Å². The molecular weight excluding hydrogens is 415 g/mol. The van der Waals surface area contributed by atoms with Crippen molar-refractivity contribution in [1.29, 1.82) is 5.26 Å². The van der Waals surface area contributed by atoms with Crippen LogP contribution in [0.1, 0.15) is 45.3 Å². The number of aromatic nitrogens is 2. The van der Waals surface area contributed by atoms with Gasteiger partial charge in [0.2, 0.25) is 0 Å². The average molecular weight is 432 g/mol. The molecule has 2 aromatic heterocycles. The number of carbonyl (C=O) groups excluding carboxylic acids is 2. The van der Waals surface area contributed by atoms with Gasteiger partial charge in [-0.05, 0) is 31.2 Å². The Morgan fingerprint density at radius 3 is 2.57 bits per heavy atom. The van der Waals surface area contributed by atoms with Gasteiger partial charge in [-0.1, -0.05) is 5.16 Å². The molecule has 148 valence electrons. The molecule has 0 unspecified atom stereocenters. The number of phenolic OH excluding ortho intramolecular Hbond substituents is 1. The van der Waals surface area contributed by atoms with Crippen LogP contribution < -0.4 is 62.2 Å². The van der Waals surface area contributed by atoms with Crippen LogP contribution in [-0.2, 0) is 13.0 Å². The van der Waals surface area contributed by atoms with Gasteiger partial charge in [0.15, 0.2) is 11.5 Å². The number of nitrogens with two attached hydrogens (primary N) is 1. The van der Waals surface area contributed by atoms with Gasteiger partial charge in [0.05, 0.1) is 5.97 Å². The zero-order valence-electron chi connectivity index (χ0n) is 16.5. The van der Waals surface area contributed by atoms with E-state index in [-0.39, 0.29) is 104 Å². The molecule has 10 heteroatoms. The van der Waals surface area contributed by atoms with Crippen LogP contribution in [0.4, 0.5) is 5.82 Å². The number of rotatable bonds is 7. The number of hydrogen-bond acceptors (Lipinski definition) is 8. The van der Waals surface area contributed by atoms with Gasteiger partial charge in [0.25, 0.3) is 0 Å². The molecule has 0 spiro atoms. The fourth-order valence-corrected chi connectivity index (χ4v) is 3.04. The minimum atomic E-state index is -1.52. The smallest absolute Gasteiger partial charge is 0.545 e. The van der Waals surface area contributed by atoms with Crippen molar-refractivity contribution >= 4 is 17.6 Å². The Bertz CT molecular complexity index is 1130. The van der Waals surface area contributed by atoms with Crippen LogP contribution in [0.25, 0.3) is 11.3 Å². The number of hydrogen-bond donors (Lipinski definition) is 2. The summed E-state index contributed by atoms with van der Waals surface area (Å²) in [5, 5.41) is 34.1. The third kappa shape index (κ3) is 4.66. The van der Waals surface area contributed by atoms with Crippen molar-refractivity contribution in [3.05, 3.63) is 52.8 Å². The SMILES string of the molecule is CCn1cc(C(=O)CCc2noc(-c3ccc(O)cc3)c2C#N)c(C(=O)[O-])c1N.[K+]. The number of nitrogen functional groups attached to an aromatic ring is 1. The summed E-state index contributed by atoms with van der Waals surface area (Å²) in [6.07, 6.45) is 1.37. The van der Waals surface area contributed by atoms with E-state index in [1.807, 2.05) is 6.07 Å². The van der Waals surface area contributed by atoms with E-state index in [0.717, 1.165) is 0 Å². The van der Waals surface area contributed by atoms with Crippen molar-refractivity contribution in [2.24, 2.45) is 0 Å². The van der Waals surface area contributed by atoms with Gasteiger partial charge >= 0.3 is 51.4 Å². The Balaban J connectivity index is 0.00000320. The van der Waals surface area contributed by atoms with E-state index < -0.39 is 11.8 Å². The molecule has 0 fully saturated rings. The van der Waals surface area contributed by atoms with Crippen LogP contribution in [-0.4, -0.2) is 26.6 Å². The first-order valence-electron chi connectivity index (χ1n) is 8.78. The second-order valence-electron chi connectivity index (χ2n) is 6.29. The summed E-state index contributed by atoms with van der Waals surface area (Å²) in [5.74, 6) is -1.72. The summed E-state index contributed by atoms with van der Waals surface area (Å²) in [5.41, 5.74) is 6.43. The van der Waals surface area contributed by atoms with E-state index in [2.05, 4.69) is 5.16 Å². The van der Waals surface area contributed by atoms with Crippen LogP contribution in [0.3, 0.4) is 0 Å². The normalized spacial score (nSPS) is 10.3. The molecule has 9 nitrogen and oxygen atoms in total. The molecule has 0 saturated heterocycles. The third-order valence-corrected chi connectivity index (χ3v) is 4.56. The third-order valence-electron chi connectivity index (χ3n) is 4.56. The summed E-state index contributed by atoms with van der Waals surface area (Å²) in [6.45, 7) is 2.17. The number of carboxylic acids is 1. The van der Waals surface area contributed by atoms with E-state index in [9.17, 15) is 25.1 Å². The predicted molar refractivity (Wildman–Crippen MR) is 99.8 cm³/mol. The van der Waals surface area contributed by atoms with Crippen molar-refractivity contribution in [2.45, 2.75) is 26.3 Å². The molecule has 2 heterocycles. The van der Waals surface area contributed by atoms with Gasteiger partial charge in [0, 0.05) is 42.3 Å². The molecule has 0 radical (unpaired) electrons. The summed E-state index contributed by atoms with van der Waals surface area (Å²) in [7, 11) is 0. The Hall–Kier alpha value is -2.42. The summed E-state index contributed by atoms with van der Waals surface area (Å²) < 4.78 is 6.72. The van der Waals surface area contributed by atoms with Gasteiger partial charge in [-0.25, -0.2) is 0 Å². The monoisotopic (exact) mass is 432 g/mol. The number of ketones is 1. The van der Waals surface area contributed by atoms with Gasteiger partial charge in [-0.3, -0.25) is 4.79 Å². The zero-order valence-corrected chi connectivity index (χ0v) is 19.6. The number of phenols is 1. The Kier molecular flexibility index (Phi) is 8.00. The van der Waals surface area contributed by atoms with Gasteiger partial charge < -0.3 is 29.8 Å². The molecule has 0 bridgehead atoms. The van der Waals surface area contributed by atoms with E-state index in [4.69, 9.17) is 10.3 Å². The molecular formula is C20H17KN4O5. The fourth-order valence-electron chi connectivity index (χ4n) is 3.04. The number of nitriles is 1. The summed E-state index contributed by atoms with van der Waals surface area (Å²) in [6, 6.07) is 8.07. The molecule has 0 aliphatic rings. The van der Waals surface area contributed by atoms with E-state index in [1.54, 1.807) is 19.1 Å². The summed E-state index contributed by atoms with van der Waals surface area (Å²) >= 11 is 0. The Labute approximate surface area is 214 Å². The molecule has 0 saturated carbocycles. The quantitative estimate of drug-likeness (QED) is 0.337. The largest absolute Gasteiger partial charge is 1.00 e. The number of aryl methyl sites for hydroxylation is 2. The van der Waals surface area contributed by atoms with Crippen molar-refractivity contribution in [2.75, 3.05) is 5.73 Å². The maximum absolute atomic E-state index is 12.6. The number of carboxylic acid groups (broad SMARTS) is 1. The molecule has 3 N–H and O–H groups in total.